The largest absolute Gasteiger partial charge is 0.496 e. The Morgan fingerprint density at radius 3 is 2.60 bits per heavy atom. The van der Waals surface area contributed by atoms with E-state index in [0.29, 0.717) is 46.0 Å². The van der Waals surface area contributed by atoms with Crippen molar-refractivity contribution in [2.45, 2.75) is 19.8 Å². The molecule has 0 aliphatic rings. The molecule has 2 aromatic carbocycles. The van der Waals surface area contributed by atoms with Crippen LogP contribution in [0, 0.1) is 0 Å². The van der Waals surface area contributed by atoms with Gasteiger partial charge in [-0.05, 0) is 53.9 Å². The van der Waals surface area contributed by atoms with E-state index in [4.69, 9.17) is 13.6 Å². The van der Waals surface area contributed by atoms with Gasteiger partial charge in [-0.2, -0.15) is 0 Å². The second-order valence-electron chi connectivity index (χ2n) is 7.04. The van der Waals surface area contributed by atoms with Gasteiger partial charge in [-0.3, -0.25) is 4.79 Å². The van der Waals surface area contributed by atoms with Crippen molar-refractivity contribution >= 4 is 11.6 Å². The average Bonchev–Trinajstić information content (AvgIpc) is 3.45. The van der Waals surface area contributed by atoms with Gasteiger partial charge in [0.05, 0.1) is 18.9 Å². The number of amides is 1. The van der Waals surface area contributed by atoms with Gasteiger partial charge in [0, 0.05) is 11.3 Å². The van der Waals surface area contributed by atoms with Crippen LogP contribution in [0.5, 0.6) is 5.75 Å². The molecule has 0 spiro atoms. The standard InChI is InChI=1S/C23H21N3O4/c1-14(2)15-9-10-19(28-3)18(13-15)21(27)24-17-7-4-6-16(12-17)22-25-26-23(30-22)20-8-5-11-29-20/h4-14H,1-3H3,(H,24,27). The summed E-state index contributed by atoms with van der Waals surface area (Å²) >= 11 is 0. The summed E-state index contributed by atoms with van der Waals surface area (Å²) in [6.07, 6.45) is 1.54. The smallest absolute Gasteiger partial charge is 0.283 e. The van der Waals surface area contributed by atoms with Crippen molar-refractivity contribution in [1.29, 1.82) is 0 Å². The maximum Gasteiger partial charge on any atom is 0.283 e. The monoisotopic (exact) mass is 403 g/mol. The first kappa shape index (κ1) is 19.4. The maximum atomic E-state index is 12.9. The van der Waals surface area contributed by atoms with Gasteiger partial charge in [-0.1, -0.05) is 26.0 Å². The topological polar surface area (TPSA) is 90.4 Å². The van der Waals surface area contributed by atoms with Gasteiger partial charge in [0.2, 0.25) is 5.89 Å². The summed E-state index contributed by atoms with van der Waals surface area (Å²) in [5, 5.41) is 11.0. The van der Waals surface area contributed by atoms with Crippen LogP contribution in [0.25, 0.3) is 23.1 Å². The zero-order chi connectivity index (χ0) is 21.1. The lowest BCUT2D eigenvalue weighted by Crippen LogP contribution is -2.14. The summed E-state index contributed by atoms with van der Waals surface area (Å²) < 4.78 is 16.3. The number of aromatic nitrogens is 2. The number of hydrogen-bond donors (Lipinski definition) is 1. The first-order valence-corrected chi connectivity index (χ1v) is 9.52. The molecule has 0 atom stereocenters. The molecule has 0 bridgehead atoms. The highest BCUT2D eigenvalue weighted by Gasteiger charge is 2.16. The molecule has 7 heteroatoms. The van der Waals surface area contributed by atoms with Gasteiger partial charge < -0.3 is 18.9 Å². The molecule has 2 aromatic heterocycles. The molecular formula is C23H21N3O4. The van der Waals surface area contributed by atoms with Crippen LogP contribution in [0.3, 0.4) is 0 Å². The Labute approximate surface area is 173 Å². The number of carbonyl (C=O) groups is 1. The first-order valence-electron chi connectivity index (χ1n) is 9.52. The first-order chi connectivity index (χ1) is 14.5. The van der Waals surface area contributed by atoms with Crippen molar-refractivity contribution in [3.8, 4) is 28.9 Å². The van der Waals surface area contributed by atoms with E-state index in [1.54, 1.807) is 31.4 Å². The molecule has 0 aliphatic carbocycles. The highest BCUT2D eigenvalue weighted by molar-refractivity contribution is 6.06. The van der Waals surface area contributed by atoms with Crippen LogP contribution < -0.4 is 10.1 Å². The number of carbonyl (C=O) groups excluding carboxylic acids is 1. The number of hydrogen-bond acceptors (Lipinski definition) is 6. The third kappa shape index (κ3) is 3.96. The van der Waals surface area contributed by atoms with E-state index < -0.39 is 0 Å². The van der Waals surface area contributed by atoms with Crippen LogP contribution in [-0.4, -0.2) is 23.2 Å². The Bertz CT molecular complexity index is 1160. The Morgan fingerprint density at radius 1 is 1.03 bits per heavy atom. The number of methoxy groups -OCH3 is 1. The quantitative estimate of drug-likeness (QED) is 0.465. The van der Waals surface area contributed by atoms with Gasteiger partial charge >= 0.3 is 0 Å². The van der Waals surface area contributed by atoms with Crippen LogP contribution in [0.15, 0.2) is 69.7 Å². The molecule has 0 saturated carbocycles. The third-order valence-electron chi connectivity index (χ3n) is 4.66. The minimum Gasteiger partial charge on any atom is -0.496 e. The molecule has 0 fully saturated rings. The predicted molar refractivity (Wildman–Crippen MR) is 112 cm³/mol. The fourth-order valence-corrected chi connectivity index (χ4v) is 3.03. The summed E-state index contributed by atoms with van der Waals surface area (Å²) in [6.45, 7) is 4.16. The normalized spacial score (nSPS) is 10.9. The Kier molecular flexibility index (Phi) is 5.34. The lowest BCUT2D eigenvalue weighted by Gasteiger charge is -2.13. The Hall–Kier alpha value is -3.87. The number of rotatable bonds is 6. The second-order valence-corrected chi connectivity index (χ2v) is 7.04. The van der Waals surface area contributed by atoms with E-state index in [9.17, 15) is 4.79 Å². The van der Waals surface area contributed by atoms with Crippen molar-refractivity contribution in [3.63, 3.8) is 0 Å². The van der Waals surface area contributed by atoms with Crippen LogP contribution in [0.4, 0.5) is 5.69 Å². The van der Waals surface area contributed by atoms with Crippen molar-refractivity contribution in [2.75, 3.05) is 12.4 Å². The molecule has 1 N–H and O–H groups in total. The molecule has 0 unspecified atom stereocenters. The molecule has 4 rings (SSSR count). The molecule has 0 aliphatic heterocycles. The van der Waals surface area contributed by atoms with Crippen molar-refractivity contribution < 1.29 is 18.4 Å². The van der Waals surface area contributed by atoms with E-state index in [2.05, 4.69) is 29.4 Å². The van der Waals surface area contributed by atoms with Crippen LogP contribution >= 0.6 is 0 Å². The van der Waals surface area contributed by atoms with Crippen molar-refractivity contribution in [1.82, 2.24) is 10.2 Å². The van der Waals surface area contributed by atoms with Gasteiger partial charge in [0.15, 0.2) is 5.76 Å². The number of nitrogens with one attached hydrogen (secondary N) is 1. The summed E-state index contributed by atoms with van der Waals surface area (Å²) in [5.74, 6) is 1.68. The fraction of sp³-hybridized carbons (Fsp3) is 0.174. The zero-order valence-corrected chi connectivity index (χ0v) is 16.9. The molecule has 0 radical (unpaired) electrons. The minimum atomic E-state index is -0.256. The predicted octanol–water partition coefficient (Wildman–Crippen LogP) is 5.38. The van der Waals surface area contributed by atoms with Crippen LogP contribution in [0.2, 0.25) is 0 Å². The summed E-state index contributed by atoms with van der Waals surface area (Å²) in [4.78, 5) is 12.9. The molecular weight excluding hydrogens is 382 g/mol. The minimum absolute atomic E-state index is 0.256. The van der Waals surface area contributed by atoms with Gasteiger partial charge in [-0.15, -0.1) is 10.2 Å². The van der Waals surface area contributed by atoms with E-state index in [0.717, 1.165) is 5.56 Å². The van der Waals surface area contributed by atoms with Crippen molar-refractivity contribution in [2.24, 2.45) is 0 Å². The molecule has 1 amide bonds. The molecule has 152 valence electrons. The molecule has 7 nitrogen and oxygen atoms in total. The van der Waals surface area contributed by atoms with Crippen LogP contribution in [0.1, 0.15) is 35.7 Å². The molecule has 30 heavy (non-hydrogen) atoms. The van der Waals surface area contributed by atoms with Crippen LogP contribution in [-0.2, 0) is 0 Å². The number of anilines is 1. The number of benzene rings is 2. The van der Waals surface area contributed by atoms with Gasteiger partial charge in [0.1, 0.15) is 5.75 Å². The lowest BCUT2D eigenvalue weighted by molar-refractivity contribution is 0.102. The number of nitrogens with zero attached hydrogens (tertiary/aromatic N) is 2. The Balaban J connectivity index is 1.58. The summed E-state index contributed by atoms with van der Waals surface area (Å²) in [7, 11) is 1.55. The maximum absolute atomic E-state index is 12.9. The van der Waals surface area contributed by atoms with Gasteiger partial charge in [-0.25, -0.2) is 0 Å². The molecule has 2 heterocycles. The summed E-state index contributed by atoms with van der Waals surface area (Å²) in [6, 6.07) is 16.3. The van der Waals surface area contributed by atoms with E-state index in [1.165, 1.54) is 6.26 Å². The van der Waals surface area contributed by atoms with Gasteiger partial charge in [0.25, 0.3) is 11.8 Å². The van der Waals surface area contributed by atoms with E-state index in [1.807, 2.05) is 30.3 Å². The second kappa shape index (κ2) is 8.24. The number of ether oxygens (including phenoxy) is 1. The zero-order valence-electron chi connectivity index (χ0n) is 16.9. The number of furan rings is 1. The highest BCUT2D eigenvalue weighted by Crippen LogP contribution is 2.28. The third-order valence-corrected chi connectivity index (χ3v) is 4.66. The van der Waals surface area contributed by atoms with E-state index in [-0.39, 0.29) is 5.91 Å². The fourth-order valence-electron chi connectivity index (χ4n) is 3.03. The average molecular weight is 403 g/mol. The van der Waals surface area contributed by atoms with E-state index >= 15 is 0 Å². The molecule has 0 saturated heterocycles. The SMILES string of the molecule is COc1ccc(C(C)C)cc1C(=O)Nc1cccc(-c2nnc(-c3ccco3)o2)c1. The molecule has 4 aromatic rings. The summed E-state index contributed by atoms with van der Waals surface area (Å²) in [5.41, 5.74) is 2.83. The Morgan fingerprint density at radius 2 is 1.87 bits per heavy atom. The lowest BCUT2D eigenvalue weighted by atomic mass is 10.00. The highest BCUT2D eigenvalue weighted by atomic mass is 16.5. The van der Waals surface area contributed by atoms with Crippen molar-refractivity contribution in [3.05, 3.63) is 72.0 Å².